The van der Waals surface area contributed by atoms with Crippen LogP contribution in [-0.2, 0) is 4.74 Å². The van der Waals surface area contributed by atoms with E-state index >= 15 is 0 Å². The molecule has 0 unspecified atom stereocenters. The molecule has 1 saturated carbocycles. The summed E-state index contributed by atoms with van der Waals surface area (Å²) in [6.07, 6.45) is 5.11. The second-order valence-corrected chi connectivity index (χ2v) is 7.50. The molecule has 0 heterocycles. The van der Waals surface area contributed by atoms with Gasteiger partial charge in [-0.1, -0.05) is 41.5 Å². The standard InChI is InChI=1S/C17H35NO/c1-13(2)11-19-17(12-18-15(5)6)9-7-16(8-10-17)14(3)4/h13-16,18H,7-12H2,1-6H3. The van der Waals surface area contributed by atoms with Gasteiger partial charge in [-0.15, -0.1) is 0 Å². The maximum Gasteiger partial charge on any atom is 0.0806 e. The first kappa shape index (κ1) is 17.0. The average molecular weight is 269 g/mol. The zero-order valence-corrected chi connectivity index (χ0v) is 14.0. The van der Waals surface area contributed by atoms with Crippen LogP contribution >= 0.6 is 0 Å². The Bertz CT molecular complexity index is 226. The fourth-order valence-electron chi connectivity index (χ4n) is 2.94. The Hall–Kier alpha value is -0.0800. The van der Waals surface area contributed by atoms with Crippen LogP contribution in [0.25, 0.3) is 0 Å². The van der Waals surface area contributed by atoms with Gasteiger partial charge in [-0.3, -0.25) is 0 Å². The lowest BCUT2D eigenvalue weighted by Crippen LogP contribution is -2.48. The van der Waals surface area contributed by atoms with Crippen molar-refractivity contribution < 1.29 is 4.74 Å². The zero-order chi connectivity index (χ0) is 14.5. The van der Waals surface area contributed by atoms with Crippen LogP contribution in [-0.4, -0.2) is 24.8 Å². The van der Waals surface area contributed by atoms with Crippen LogP contribution in [0.3, 0.4) is 0 Å². The maximum atomic E-state index is 6.35. The van der Waals surface area contributed by atoms with Gasteiger partial charge in [0.15, 0.2) is 0 Å². The second kappa shape index (κ2) is 7.64. The van der Waals surface area contributed by atoms with Crippen molar-refractivity contribution in [3.63, 3.8) is 0 Å². The van der Waals surface area contributed by atoms with Gasteiger partial charge in [-0.2, -0.15) is 0 Å². The van der Waals surface area contributed by atoms with Crippen LogP contribution in [0, 0.1) is 17.8 Å². The Labute approximate surface area is 120 Å². The summed E-state index contributed by atoms with van der Waals surface area (Å²) in [5.74, 6) is 2.34. The largest absolute Gasteiger partial charge is 0.373 e. The number of hydrogen-bond donors (Lipinski definition) is 1. The first-order chi connectivity index (χ1) is 8.84. The minimum absolute atomic E-state index is 0.0972. The van der Waals surface area contributed by atoms with Gasteiger partial charge in [0.25, 0.3) is 0 Å². The molecule has 0 aromatic carbocycles. The first-order valence-corrected chi connectivity index (χ1v) is 8.22. The summed E-state index contributed by atoms with van der Waals surface area (Å²) in [5, 5.41) is 3.60. The summed E-state index contributed by atoms with van der Waals surface area (Å²) in [7, 11) is 0. The normalized spacial score (nSPS) is 28.6. The molecule has 1 aliphatic carbocycles. The molecule has 2 nitrogen and oxygen atoms in total. The van der Waals surface area contributed by atoms with Gasteiger partial charge in [-0.05, 0) is 43.4 Å². The van der Waals surface area contributed by atoms with Gasteiger partial charge in [-0.25, -0.2) is 0 Å². The molecule has 1 fully saturated rings. The third kappa shape index (κ3) is 5.83. The van der Waals surface area contributed by atoms with Gasteiger partial charge < -0.3 is 10.1 Å². The SMILES string of the molecule is CC(C)COC1(CNC(C)C)CCC(C(C)C)CC1. The van der Waals surface area contributed by atoms with Crippen LogP contribution in [0.4, 0.5) is 0 Å². The van der Waals surface area contributed by atoms with Crippen LogP contribution in [0.15, 0.2) is 0 Å². The van der Waals surface area contributed by atoms with Crippen molar-refractivity contribution in [2.75, 3.05) is 13.2 Å². The van der Waals surface area contributed by atoms with E-state index in [1.807, 2.05) is 0 Å². The lowest BCUT2D eigenvalue weighted by molar-refractivity contribution is -0.0891. The molecule has 0 spiro atoms. The molecule has 0 aromatic rings. The molecule has 0 aliphatic heterocycles. The Morgan fingerprint density at radius 3 is 2.05 bits per heavy atom. The summed E-state index contributed by atoms with van der Waals surface area (Å²) in [6.45, 7) is 15.5. The van der Waals surface area contributed by atoms with E-state index in [-0.39, 0.29) is 5.60 Å². The molecule has 0 radical (unpaired) electrons. The van der Waals surface area contributed by atoms with Gasteiger partial charge >= 0.3 is 0 Å². The predicted molar refractivity (Wildman–Crippen MR) is 83.5 cm³/mol. The van der Waals surface area contributed by atoms with E-state index in [1.165, 1.54) is 25.7 Å². The molecule has 0 atom stereocenters. The van der Waals surface area contributed by atoms with E-state index in [2.05, 4.69) is 46.9 Å². The highest BCUT2D eigenvalue weighted by Crippen LogP contribution is 2.38. The topological polar surface area (TPSA) is 21.3 Å². The van der Waals surface area contributed by atoms with Gasteiger partial charge in [0, 0.05) is 19.2 Å². The Morgan fingerprint density at radius 2 is 1.63 bits per heavy atom. The number of hydrogen-bond acceptors (Lipinski definition) is 2. The quantitative estimate of drug-likeness (QED) is 0.746. The van der Waals surface area contributed by atoms with Crippen LogP contribution < -0.4 is 5.32 Å². The molecule has 0 saturated heterocycles. The maximum absolute atomic E-state index is 6.35. The molecule has 114 valence electrons. The molecule has 2 heteroatoms. The predicted octanol–water partition coefficient (Wildman–Crippen LogP) is 4.24. The van der Waals surface area contributed by atoms with E-state index < -0.39 is 0 Å². The third-order valence-electron chi connectivity index (χ3n) is 4.44. The molecule has 0 aromatic heterocycles. The van der Waals surface area contributed by atoms with Crippen LogP contribution in [0.1, 0.15) is 67.2 Å². The summed E-state index contributed by atoms with van der Waals surface area (Å²) >= 11 is 0. The van der Waals surface area contributed by atoms with Crippen molar-refractivity contribution in [2.45, 2.75) is 78.9 Å². The second-order valence-electron chi connectivity index (χ2n) is 7.50. The van der Waals surface area contributed by atoms with E-state index in [0.717, 1.165) is 25.0 Å². The van der Waals surface area contributed by atoms with Crippen molar-refractivity contribution in [1.29, 1.82) is 0 Å². The van der Waals surface area contributed by atoms with Crippen molar-refractivity contribution in [3.05, 3.63) is 0 Å². The monoisotopic (exact) mass is 269 g/mol. The lowest BCUT2D eigenvalue weighted by Gasteiger charge is -2.42. The number of rotatable bonds is 7. The molecule has 0 bridgehead atoms. The highest BCUT2D eigenvalue weighted by molar-refractivity contribution is 4.90. The highest BCUT2D eigenvalue weighted by Gasteiger charge is 2.37. The lowest BCUT2D eigenvalue weighted by atomic mass is 9.74. The molecule has 1 aliphatic rings. The fourth-order valence-corrected chi connectivity index (χ4v) is 2.94. The van der Waals surface area contributed by atoms with Crippen molar-refractivity contribution in [3.8, 4) is 0 Å². The first-order valence-electron chi connectivity index (χ1n) is 8.22. The van der Waals surface area contributed by atoms with Gasteiger partial charge in [0.05, 0.1) is 5.60 Å². The Balaban J connectivity index is 2.56. The van der Waals surface area contributed by atoms with Gasteiger partial charge in [0.1, 0.15) is 0 Å². The third-order valence-corrected chi connectivity index (χ3v) is 4.44. The number of nitrogens with one attached hydrogen (secondary N) is 1. The molecule has 19 heavy (non-hydrogen) atoms. The summed E-state index contributed by atoms with van der Waals surface area (Å²) < 4.78 is 6.35. The zero-order valence-electron chi connectivity index (χ0n) is 14.0. The Morgan fingerprint density at radius 1 is 1.05 bits per heavy atom. The Kier molecular flexibility index (Phi) is 6.82. The van der Waals surface area contributed by atoms with Crippen molar-refractivity contribution >= 4 is 0 Å². The summed E-state index contributed by atoms with van der Waals surface area (Å²) in [4.78, 5) is 0. The molecule has 1 N–H and O–H groups in total. The summed E-state index contributed by atoms with van der Waals surface area (Å²) in [6, 6.07) is 0.544. The fraction of sp³-hybridized carbons (Fsp3) is 1.00. The molecule has 1 rings (SSSR count). The van der Waals surface area contributed by atoms with Gasteiger partial charge in [0.2, 0.25) is 0 Å². The van der Waals surface area contributed by atoms with Crippen molar-refractivity contribution in [1.82, 2.24) is 5.32 Å². The van der Waals surface area contributed by atoms with Crippen LogP contribution in [0.5, 0.6) is 0 Å². The average Bonchev–Trinajstić information content (AvgIpc) is 2.35. The van der Waals surface area contributed by atoms with E-state index in [4.69, 9.17) is 4.74 Å². The molecular formula is C17H35NO. The van der Waals surface area contributed by atoms with Crippen LogP contribution in [0.2, 0.25) is 0 Å². The van der Waals surface area contributed by atoms with Crippen molar-refractivity contribution in [2.24, 2.45) is 17.8 Å². The van der Waals surface area contributed by atoms with E-state index in [0.29, 0.717) is 12.0 Å². The minimum atomic E-state index is 0.0972. The summed E-state index contributed by atoms with van der Waals surface area (Å²) in [5.41, 5.74) is 0.0972. The highest BCUT2D eigenvalue weighted by atomic mass is 16.5. The minimum Gasteiger partial charge on any atom is -0.373 e. The molecular weight excluding hydrogens is 234 g/mol. The number of ether oxygens (including phenoxy) is 1. The van der Waals surface area contributed by atoms with E-state index in [9.17, 15) is 0 Å². The van der Waals surface area contributed by atoms with E-state index in [1.54, 1.807) is 0 Å². The smallest absolute Gasteiger partial charge is 0.0806 e. The molecule has 0 amide bonds.